The number of halogens is 4. The third-order valence-corrected chi connectivity index (χ3v) is 5.97. The van der Waals surface area contributed by atoms with E-state index in [2.05, 4.69) is 10.2 Å². The van der Waals surface area contributed by atoms with Crippen LogP contribution >= 0.6 is 0 Å². The van der Waals surface area contributed by atoms with Crippen LogP contribution in [0, 0.1) is 5.82 Å². The van der Waals surface area contributed by atoms with Gasteiger partial charge in [-0.2, -0.15) is 13.2 Å². The van der Waals surface area contributed by atoms with Crippen molar-refractivity contribution in [2.45, 2.75) is 45.6 Å². The molecule has 0 bridgehead atoms. The van der Waals surface area contributed by atoms with E-state index in [9.17, 15) is 22.4 Å². The first-order chi connectivity index (χ1) is 16.1. The Morgan fingerprint density at radius 3 is 2.59 bits per heavy atom. The lowest BCUT2D eigenvalue weighted by molar-refractivity contribution is -0.140. The highest BCUT2D eigenvalue weighted by Crippen LogP contribution is 2.37. The Bertz CT molecular complexity index is 1250. The number of nitrogens with zero attached hydrogens (tertiary/aromatic N) is 2. The second kappa shape index (κ2) is 9.38. The summed E-state index contributed by atoms with van der Waals surface area (Å²) in [6.45, 7) is 7.99. The summed E-state index contributed by atoms with van der Waals surface area (Å²) in [5.41, 5.74) is -1.55. The van der Waals surface area contributed by atoms with Crippen molar-refractivity contribution < 1.29 is 22.3 Å². The van der Waals surface area contributed by atoms with Gasteiger partial charge in [-0.3, -0.25) is 14.3 Å². The van der Waals surface area contributed by atoms with Crippen LogP contribution in [-0.4, -0.2) is 41.2 Å². The van der Waals surface area contributed by atoms with Gasteiger partial charge >= 0.3 is 6.18 Å². The molecule has 1 N–H and O–H groups in total. The summed E-state index contributed by atoms with van der Waals surface area (Å²) in [5.74, 6) is -1.56. The van der Waals surface area contributed by atoms with E-state index in [1.165, 1.54) is 4.57 Å². The second-order valence-corrected chi connectivity index (χ2v) is 8.85. The molecule has 4 rings (SSSR count). The smallest absolute Gasteiger partial charge is 0.419 e. The Labute approximate surface area is 194 Å². The SMILES string of the molecule is CC(C)Oc1cc(F)c(C(F)(F)F)cc1-n1c(CN2CCNC[C@@H]2C)cc2ccccc2c1=O. The minimum Gasteiger partial charge on any atom is -0.489 e. The average Bonchev–Trinajstić information content (AvgIpc) is 2.75. The van der Waals surface area contributed by atoms with Gasteiger partial charge in [0.25, 0.3) is 5.56 Å². The van der Waals surface area contributed by atoms with Crippen molar-refractivity contribution in [3.8, 4) is 11.4 Å². The van der Waals surface area contributed by atoms with E-state index in [4.69, 9.17) is 4.74 Å². The van der Waals surface area contributed by atoms with E-state index in [0.29, 0.717) is 29.1 Å². The molecule has 34 heavy (non-hydrogen) atoms. The summed E-state index contributed by atoms with van der Waals surface area (Å²) in [6, 6.07) is 10.3. The van der Waals surface area contributed by atoms with Gasteiger partial charge in [0, 0.05) is 49.4 Å². The lowest BCUT2D eigenvalue weighted by Gasteiger charge is -2.34. The summed E-state index contributed by atoms with van der Waals surface area (Å²) < 4.78 is 62.3. The number of piperazine rings is 1. The van der Waals surface area contributed by atoms with Crippen LogP contribution in [0.2, 0.25) is 0 Å². The molecule has 1 aromatic heterocycles. The lowest BCUT2D eigenvalue weighted by Crippen LogP contribution is -2.49. The molecule has 0 unspecified atom stereocenters. The van der Waals surface area contributed by atoms with E-state index in [-0.39, 0.29) is 17.5 Å². The monoisotopic (exact) mass is 477 g/mol. The molecule has 0 aliphatic carbocycles. The molecule has 1 atom stereocenters. The van der Waals surface area contributed by atoms with Crippen LogP contribution in [-0.2, 0) is 12.7 Å². The summed E-state index contributed by atoms with van der Waals surface area (Å²) in [6.07, 6.45) is -5.37. The molecule has 3 aromatic rings. The first-order valence-corrected chi connectivity index (χ1v) is 11.2. The minimum atomic E-state index is -4.93. The van der Waals surface area contributed by atoms with Gasteiger partial charge in [0.15, 0.2) is 0 Å². The van der Waals surface area contributed by atoms with Crippen molar-refractivity contribution in [1.29, 1.82) is 0 Å². The third kappa shape index (κ3) is 4.81. The van der Waals surface area contributed by atoms with E-state index in [0.717, 1.165) is 25.7 Å². The molecule has 5 nitrogen and oxygen atoms in total. The maximum Gasteiger partial charge on any atom is 0.419 e. The van der Waals surface area contributed by atoms with Gasteiger partial charge in [0.2, 0.25) is 0 Å². The number of rotatable bonds is 5. The quantitative estimate of drug-likeness (QED) is 0.540. The Morgan fingerprint density at radius 2 is 1.91 bits per heavy atom. The number of ether oxygens (including phenoxy) is 1. The maximum absolute atomic E-state index is 14.5. The number of pyridine rings is 1. The fraction of sp³-hybridized carbons (Fsp3) is 0.400. The van der Waals surface area contributed by atoms with E-state index in [1.807, 2.05) is 6.92 Å². The van der Waals surface area contributed by atoms with Crippen molar-refractivity contribution in [3.63, 3.8) is 0 Å². The number of aromatic nitrogens is 1. The molecular formula is C25H27F4N3O2. The highest BCUT2D eigenvalue weighted by Gasteiger charge is 2.36. The first-order valence-electron chi connectivity index (χ1n) is 11.2. The van der Waals surface area contributed by atoms with Crippen LogP contribution in [0.5, 0.6) is 5.75 Å². The summed E-state index contributed by atoms with van der Waals surface area (Å²) in [5, 5.41) is 4.34. The fourth-order valence-corrected chi connectivity index (χ4v) is 4.30. The standard InChI is InChI=1S/C25H27F4N3O2/c1-15(2)34-23-12-21(26)20(25(27,28)29)11-22(23)32-18(14-31-9-8-30-13-16(31)3)10-17-6-4-5-7-19(17)24(32)33/h4-7,10-12,15-16,30H,8-9,13-14H2,1-3H3/t16-/m0/s1. The Balaban J connectivity index is 2.00. The van der Waals surface area contributed by atoms with Gasteiger partial charge in [-0.05, 0) is 44.4 Å². The van der Waals surface area contributed by atoms with Gasteiger partial charge in [0.1, 0.15) is 11.6 Å². The van der Waals surface area contributed by atoms with Gasteiger partial charge in [-0.1, -0.05) is 18.2 Å². The zero-order chi connectivity index (χ0) is 24.6. The number of benzene rings is 2. The Morgan fingerprint density at radius 1 is 1.18 bits per heavy atom. The summed E-state index contributed by atoms with van der Waals surface area (Å²) >= 11 is 0. The van der Waals surface area contributed by atoms with Crippen LogP contribution in [0.3, 0.4) is 0 Å². The van der Waals surface area contributed by atoms with Crippen molar-refractivity contribution in [1.82, 2.24) is 14.8 Å². The first kappa shape index (κ1) is 24.2. The lowest BCUT2D eigenvalue weighted by atomic mass is 10.1. The van der Waals surface area contributed by atoms with Crippen LogP contribution in [0.15, 0.2) is 47.3 Å². The minimum absolute atomic E-state index is 0.118. The molecule has 9 heteroatoms. The van der Waals surface area contributed by atoms with E-state index >= 15 is 0 Å². The van der Waals surface area contributed by atoms with E-state index < -0.39 is 29.2 Å². The maximum atomic E-state index is 14.5. The fourth-order valence-electron chi connectivity index (χ4n) is 4.30. The van der Waals surface area contributed by atoms with Gasteiger partial charge in [0.05, 0.1) is 17.4 Å². The molecule has 182 valence electrons. The Hall–Kier alpha value is -2.91. The molecule has 1 aliphatic heterocycles. The second-order valence-electron chi connectivity index (χ2n) is 8.85. The molecule has 1 fully saturated rings. The number of hydrogen-bond donors (Lipinski definition) is 1. The van der Waals surface area contributed by atoms with Crippen LogP contribution < -0.4 is 15.6 Å². The number of alkyl halides is 3. The van der Waals surface area contributed by atoms with Crippen molar-refractivity contribution in [3.05, 3.63) is 69.9 Å². The van der Waals surface area contributed by atoms with Gasteiger partial charge in [-0.25, -0.2) is 4.39 Å². The molecular weight excluding hydrogens is 450 g/mol. The van der Waals surface area contributed by atoms with Crippen molar-refractivity contribution in [2.75, 3.05) is 19.6 Å². The summed E-state index contributed by atoms with van der Waals surface area (Å²) in [4.78, 5) is 15.8. The van der Waals surface area contributed by atoms with Crippen LogP contribution in [0.1, 0.15) is 32.0 Å². The molecule has 0 spiro atoms. The van der Waals surface area contributed by atoms with Gasteiger partial charge < -0.3 is 10.1 Å². The highest BCUT2D eigenvalue weighted by atomic mass is 19.4. The van der Waals surface area contributed by atoms with Crippen molar-refractivity contribution >= 4 is 10.8 Å². The third-order valence-electron chi connectivity index (χ3n) is 5.97. The van der Waals surface area contributed by atoms with Crippen LogP contribution in [0.4, 0.5) is 17.6 Å². The number of hydrogen-bond acceptors (Lipinski definition) is 4. The predicted molar refractivity (Wildman–Crippen MR) is 123 cm³/mol. The zero-order valence-corrected chi connectivity index (χ0v) is 19.2. The largest absolute Gasteiger partial charge is 0.489 e. The predicted octanol–water partition coefficient (Wildman–Crippen LogP) is 4.73. The molecule has 0 amide bonds. The Kier molecular flexibility index (Phi) is 6.69. The highest BCUT2D eigenvalue weighted by molar-refractivity contribution is 5.82. The van der Waals surface area contributed by atoms with E-state index in [1.54, 1.807) is 44.2 Å². The summed E-state index contributed by atoms with van der Waals surface area (Å²) in [7, 11) is 0. The average molecular weight is 478 g/mol. The van der Waals surface area contributed by atoms with Crippen molar-refractivity contribution in [2.24, 2.45) is 0 Å². The number of nitrogens with one attached hydrogen (secondary N) is 1. The normalized spacial score (nSPS) is 17.5. The molecule has 0 saturated carbocycles. The zero-order valence-electron chi connectivity index (χ0n) is 19.2. The van der Waals surface area contributed by atoms with Crippen LogP contribution in [0.25, 0.3) is 16.5 Å². The topological polar surface area (TPSA) is 46.5 Å². The molecule has 2 heterocycles. The molecule has 1 aliphatic rings. The molecule has 1 saturated heterocycles. The molecule has 2 aromatic carbocycles. The number of fused-ring (bicyclic) bond motifs is 1. The molecule has 0 radical (unpaired) electrons. The van der Waals surface area contributed by atoms with Gasteiger partial charge in [-0.15, -0.1) is 0 Å².